The molecule has 2 aliphatic carbocycles. The van der Waals surface area contributed by atoms with Crippen molar-refractivity contribution in [1.82, 2.24) is 15.0 Å². The monoisotopic (exact) mass is 312 g/mol. The molecule has 4 rings (SSSR count). The first kappa shape index (κ1) is 13.5. The molecule has 0 radical (unpaired) electrons. The predicted molar refractivity (Wildman–Crippen MR) is 86.9 cm³/mol. The zero-order valence-corrected chi connectivity index (χ0v) is 13.1. The minimum absolute atomic E-state index is 0.418. The van der Waals surface area contributed by atoms with Gasteiger partial charge in [-0.05, 0) is 43.9 Å². The number of aliphatic hydroxyl groups excluding tert-OH is 1. The molecule has 0 bridgehead atoms. The normalized spacial score (nSPS) is 16.4. The number of anilines is 1. The Morgan fingerprint density at radius 1 is 1.14 bits per heavy atom. The highest BCUT2D eigenvalue weighted by Crippen LogP contribution is 2.36. The van der Waals surface area contributed by atoms with E-state index in [4.69, 9.17) is 4.98 Å². The molecule has 0 unspecified atom stereocenters. The molecule has 5 nitrogen and oxygen atoms in total. The number of aromatic nitrogens is 3. The van der Waals surface area contributed by atoms with Crippen LogP contribution in [0, 0.1) is 6.92 Å². The molecule has 0 saturated carbocycles. The molecule has 2 aromatic heterocycles. The van der Waals surface area contributed by atoms with Crippen molar-refractivity contribution in [2.45, 2.75) is 32.6 Å². The van der Waals surface area contributed by atoms with Crippen molar-refractivity contribution in [2.24, 2.45) is 0 Å². The van der Waals surface area contributed by atoms with Crippen molar-refractivity contribution < 1.29 is 5.11 Å². The van der Waals surface area contributed by atoms with Gasteiger partial charge in [-0.2, -0.15) is 0 Å². The summed E-state index contributed by atoms with van der Waals surface area (Å²) in [7, 11) is 0. The molecule has 0 aliphatic heterocycles. The minimum atomic E-state index is 0.418. The van der Waals surface area contributed by atoms with Gasteiger partial charge in [0.05, 0.1) is 27.0 Å². The Balaban J connectivity index is 1.67. The van der Waals surface area contributed by atoms with Gasteiger partial charge in [0.1, 0.15) is 0 Å². The van der Waals surface area contributed by atoms with Crippen molar-refractivity contribution in [3.63, 3.8) is 0 Å². The predicted octanol–water partition coefficient (Wildman–Crippen LogP) is 3.54. The van der Waals surface area contributed by atoms with Gasteiger partial charge in [0, 0.05) is 18.3 Å². The first-order chi connectivity index (χ1) is 10.7. The Bertz CT molecular complexity index is 806. The molecule has 2 aromatic rings. The van der Waals surface area contributed by atoms with Crippen LogP contribution >= 0.6 is 11.3 Å². The van der Waals surface area contributed by atoms with E-state index in [0.29, 0.717) is 18.1 Å². The number of aryl methyl sites for hydroxylation is 3. The summed E-state index contributed by atoms with van der Waals surface area (Å²) in [4.78, 5) is 14.9. The number of fused-ring (bicyclic) bond motifs is 3. The number of nitrogens with zero attached hydrogens (tertiary/aromatic N) is 3. The lowest BCUT2D eigenvalue weighted by molar-refractivity contribution is 0.386. The lowest BCUT2D eigenvalue weighted by Crippen LogP contribution is -2.10. The first-order valence-corrected chi connectivity index (χ1v) is 8.19. The Kier molecular flexibility index (Phi) is 3.18. The van der Waals surface area contributed by atoms with Gasteiger partial charge in [-0.25, -0.2) is 15.0 Å². The van der Waals surface area contributed by atoms with E-state index in [1.54, 1.807) is 17.4 Å². The molecular formula is C16H16N4OS. The van der Waals surface area contributed by atoms with Gasteiger partial charge in [-0.15, -0.1) is 11.3 Å². The van der Waals surface area contributed by atoms with Crippen molar-refractivity contribution in [1.29, 1.82) is 0 Å². The Morgan fingerprint density at radius 2 is 2.05 bits per heavy atom. The van der Waals surface area contributed by atoms with Crippen molar-refractivity contribution in [3.8, 4) is 10.6 Å². The number of aliphatic hydroxyl groups is 1. The van der Waals surface area contributed by atoms with E-state index < -0.39 is 0 Å². The summed E-state index contributed by atoms with van der Waals surface area (Å²) in [5.74, 6) is 1.03. The number of rotatable bonds is 2. The number of thiazole rings is 1. The average molecular weight is 312 g/mol. The summed E-state index contributed by atoms with van der Waals surface area (Å²) in [6.45, 7) is 2.04. The summed E-state index contributed by atoms with van der Waals surface area (Å²) in [6.07, 6.45) is 8.86. The summed E-state index contributed by atoms with van der Waals surface area (Å²) in [5.41, 5.74) is 4.38. The Morgan fingerprint density at radius 3 is 2.86 bits per heavy atom. The topological polar surface area (TPSA) is 70.9 Å². The Labute approximate surface area is 132 Å². The van der Waals surface area contributed by atoms with E-state index in [-0.39, 0.29) is 0 Å². The van der Waals surface area contributed by atoms with Gasteiger partial charge >= 0.3 is 0 Å². The second kappa shape index (κ2) is 5.21. The van der Waals surface area contributed by atoms with Crippen molar-refractivity contribution in [3.05, 3.63) is 46.1 Å². The number of nitrogens with one attached hydrogen (secondary N) is 1. The quantitative estimate of drug-likeness (QED) is 0.887. The van der Waals surface area contributed by atoms with Crippen LogP contribution in [0.5, 0.6) is 0 Å². The third-order valence-corrected chi connectivity index (χ3v) is 4.93. The van der Waals surface area contributed by atoms with Gasteiger partial charge in [0.2, 0.25) is 5.95 Å². The summed E-state index contributed by atoms with van der Waals surface area (Å²) < 4.78 is 0. The largest absolute Gasteiger partial charge is 0.512 e. The lowest BCUT2D eigenvalue weighted by Gasteiger charge is -2.16. The zero-order chi connectivity index (χ0) is 15.1. The highest BCUT2D eigenvalue weighted by Gasteiger charge is 2.22. The number of hydrogen-bond acceptors (Lipinski definition) is 6. The molecule has 112 valence electrons. The minimum Gasteiger partial charge on any atom is -0.512 e. The fourth-order valence-corrected chi connectivity index (χ4v) is 3.79. The van der Waals surface area contributed by atoms with Crippen LogP contribution in [0.2, 0.25) is 0 Å². The average Bonchev–Trinajstić information content (AvgIpc) is 2.90. The second-order valence-electron chi connectivity index (χ2n) is 5.55. The van der Waals surface area contributed by atoms with Crippen molar-refractivity contribution >= 4 is 17.3 Å². The molecular weight excluding hydrogens is 296 g/mol. The SMILES string of the molecule is Cc1nc2c(s1)-c1nc(NC3=CC=C(O)CC3)ncc1CC2. The third kappa shape index (κ3) is 2.39. The molecule has 0 atom stereocenters. The molecule has 6 heteroatoms. The maximum atomic E-state index is 9.41. The standard InChI is InChI=1S/C16H16N4OS/c1-9-18-13-7-2-10-8-17-16(20-14(10)15(13)22-9)19-11-3-5-12(21)6-4-11/h3,5,8,21H,2,4,6-7H2,1H3,(H,17,19,20). The molecule has 2 aliphatic rings. The van der Waals surface area contributed by atoms with Crippen LogP contribution in [-0.4, -0.2) is 20.1 Å². The molecule has 22 heavy (non-hydrogen) atoms. The van der Waals surface area contributed by atoms with Gasteiger partial charge in [-0.1, -0.05) is 0 Å². The smallest absolute Gasteiger partial charge is 0.227 e. The van der Waals surface area contributed by atoms with Crippen LogP contribution < -0.4 is 5.32 Å². The maximum absolute atomic E-state index is 9.41. The van der Waals surface area contributed by atoms with Gasteiger partial charge < -0.3 is 10.4 Å². The van der Waals surface area contributed by atoms with Crippen molar-refractivity contribution in [2.75, 3.05) is 5.32 Å². The number of allylic oxidation sites excluding steroid dienone is 4. The van der Waals surface area contributed by atoms with Gasteiger partial charge in [-0.3, -0.25) is 0 Å². The van der Waals surface area contributed by atoms with Gasteiger partial charge in [0.25, 0.3) is 0 Å². The fourth-order valence-electron chi connectivity index (χ4n) is 2.80. The van der Waals surface area contributed by atoms with Crippen LogP contribution in [-0.2, 0) is 12.8 Å². The Hall–Kier alpha value is -2.21. The van der Waals surface area contributed by atoms with Crippen LogP contribution in [0.25, 0.3) is 10.6 Å². The highest BCUT2D eigenvalue weighted by atomic mass is 32.1. The fraction of sp³-hybridized carbons (Fsp3) is 0.312. The third-order valence-electron chi connectivity index (χ3n) is 3.91. The molecule has 0 saturated heterocycles. The van der Waals surface area contributed by atoms with E-state index >= 15 is 0 Å². The molecule has 2 N–H and O–H groups in total. The number of hydrogen-bond donors (Lipinski definition) is 2. The van der Waals surface area contributed by atoms with E-state index in [1.807, 2.05) is 19.2 Å². The molecule has 0 aromatic carbocycles. The van der Waals surface area contributed by atoms with Crippen LogP contribution in [0.4, 0.5) is 5.95 Å². The van der Waals surface area contributed by atoms with E-state index in [9.17, 15) is 5.11 Å². The van der Waals surface area contributed by atoms with Crippen LogP contribution in [0.1, 0.15) is 29.1 Å². The second-order valence-corrected chi connectivity index (χ2v) is 6.75. The lowest BCUT2D eigenvalue weighted by atomic mass is 10.00. The summed E-state index contributed by atoms with van der Waals surface area (Å²) in [5, 5.41) is 13.8. The van der Waals surface area contributed by atoms with Crippen LogP contribution in [0.3, 0.4) is 0 Å². The summed E-state index contributed by atoms with van der Waals surface area (Å²) in [6, 6.07) is 0. The van der Waals surface area contributed by atoms with Crippen LogP contribution in [0.15, 0.2) is 29.8 Å². The van der Waals surface area contributed by atoms with Gasteiger partial charge in [0.15, 0.2) is 0 Å². The molecule has 0 amide bonds. The summed E-state index contributed by atoms with van der Waals surface area (Å²) >= 11 is 1.70. The van der Waals surface area contributed by atoms with E-state index in [0.717, 1.165) is 41.4 Å². The van der Waals surface area contributed by atoms with E-state index in [2.05, 4.69) is 15.3 Å². The zero-order valence-electron chi connectivity index (χ0n) is 12.3. The first-order valence-electron chi connectivity index (χ1n) is 7.37. The van der Waals surface area contributed by atoms with E-state index in [1.165, 1.54) is 10.4 Å². The maximum Gasteiger partial charge on any atom is 0.227 e. The molecule has 2 heterocycles. The molecule has 0 spiro atoms. The molecule has 0 fully saturated rings. The highest BCUT2D eigenvalue weighted by molar-refractivity contribution is 7.15.